The second kappa shape index (κ2) is 4.79. The summed E-state index contributed by atoms with van der Waals surface area (Å²) in [7, 11) is 1.62. The summed E-state index contributed by atoms with van der Waals surface area (Å²) >= 11 is 0. The Morgan fingerprint density at radius 3 is 2.58 bits per heavy atom. The van der Waals surface area contributed by atoms with E-state index < -0.39 is 0 Å². The molecule has 0 fully saturated rings. The minimum atomic E-state index is 0.461. The molecule has 1 aromatic heterocycles. The van der Waals surface area contributed by atoms with Crippen molar-refractivity contribution < 1.29 is 4.74 Å². The molecule has 0 aliphatic rings. The molecule has 0 spiro atoms. The number of nitrogens with zero attached hydrogens (tertiary/aromatic N) is 2. The van der Waals surface area contributed by atoms with Crippen LogP contribution in [0.4, 0.5) is 0 Å². The van der Waals surface area contributed by atoms with Gasteiger partial charge in [0, 0.05) is 19.5 Å². The molecule has 4 nitrogen and oxygen atoms in total. The third-order valence-corrected chi connectivity index (χ3v) is 1.47. The SMILES string of the molecule is COCc1ncc(CCN)cn1. The molecule has 0 aliphatic carbocycles. The van der Waals surface area contributed by atoms with Crippen molar-refractivity contribution in [2.75, 3.05) is 13.7 Å². The van der Waals surface area contributed by atoms with Crippen molar-refractivity contribution in [3.63, 3.8) is 0 Å². The van der Waals surface area contributed by atoms with Gasteiger partial charge < -0.3 is 10.5 Å². The molecule has 0 atom stereocenters. The summed E-state index contributed by atoms with van der Waals surface area (Å²) in [4.78, 5) is 8.19. The fourth-order valence-corrected chi connectivity index (χ4v) is 0.881. The van der Waals surface area contributed by atoms with Crippen LogP contribution >= 0.6 is 0 Å². The lowest BCUT2D eigenvalue weighted by atomic mass is 10.2. The quantitative estimate of drug-likeness (QED) is 0.692. The average Bonchev–Trinajstić information content (AvgIpc) is 2.09. The minimum absolute atomic E-state index is 0.461. The summed E-state index contributed by atoms with van der Waals surface area (Å²) in [5, 5.41) is 0. The average molecular weight is 167 g/mol. The van der Waals surface area contributed by atoms with Crippen molar-refractivity contribution >= 4 is 0 Å². The van der Waals surface area contributed by atoms with Gasteiger partial charge in [-0.15, -0.1) is 0 Å². The maximum Gasteiger partial charge on any atom is 0.153 e. The van der Waals surface area contributed by atoms with Crippen molar-refractivity contribution in [2.24, 2.45) is 5.73 Å². The third-order valence-electron chi connectivity index (χ3n) is 1.47. The minimum Gasteiger partial charge on any atom is -0.377 e. The Morgan fingerprint density at radius 1 is 1.42 bits per heavy atom. The Balaban J connectivity index is 2.58. The predicted molar refractivity (Wildman–Crippen MR) is 45.5 cm³/mol. The highest BCUT2D eigenvalue weighted by Crippen LogP contribution is 1.96. The molecule has 12 heavy (non-hydrogen) atoms. The number of aromatic nitrogens is 2. The second-order valence-corrected chi connectivity index (χ2v) is 2.48. The lowest BCUT2D eigenvalue weighted by Gasteiger charge is -1.99. The molecule has 66 valence electrons. The van der Waals surface area contributed by atoms with Gasteiger partial charge in [0.25, 0.3) is 0 Å². The molecule has 2 N–H and O–H groups in total. The van der Waals surface area contributed by atoms with Crippen LogP contribution in [0.3, 0.4) is 0 Å². The summed E-state index contributed by atoms with van der Waals surface area (Å²) in [6.45, 7) is 1.09. The molecule has 0 aromatic carbocycles. The zero-order valence-electron chi connectivity index (χ0n) is 7.16. The van der Waals surface area contributed by atoms with Crippen LogP contribution in [-0.4, -0.2) is 23.6 Å². The lowest BCUT2D eigenvalue weighted by Crippen LogP contribution is -2.04. The molecule has 0 aliphatic heterocycles. The smallest absolute Gasteiger partial charge is 0.153 e. The van der Waals surface area contributed by atoms with Gasteiger partial charge in [-0.2, -0.15) is 0 Å². The number of nitrogens with two attached hydrogens (primary N) is 1. The molecule has 0 amide bonds. The highest BCUT2D eigenvalue weighted by Gasteiger charge is 1.95. The van der Waals surface area contributed by atoms with E-state index in [1.165, 1.54) is 0 Å². The molecule has 1 heterocycles. The fourth-order valence-electron chi connectivity index (χ4n) is 0.881. The Kier molecular flexibility index (Phi) is 3.63. The van der Waals surface area contributed by atoms with Crippen molar-refractivity contribution in [1.82, 2.24) is 9.97 Å². The van der Waals surface area contributed by atoms with Gasteiger partial charge in [-0.25, -0.2) is 9.97 Å². The lowest BCUT2D eigenvalue weighted by molar-refractivity contribution is 0.177. The first-order valence-corrected chi connectivity index (χ1v) is 3.85. The highest BCUT2D eigenvalue weighted by atomic mass is 16.5. The summed E-state index contributed by atoms with van der Waals surface area (Å²) in [6.07, 6.45) is 4.40. The maximum absolute atomic E-state index is 5.38. The van der Waals surface area contributed by atoms with Crippen LogP contribution in [0.15, 0.2) is 12.4 Å². The molecule has 0 saturated heterocycles. The van der Waals surface area contributed by atoms with E-state index in [2.05, 4.69) is 9.97 Å². The van der Waals surface area contributed by atoms with Crippen LogP contribution in [0.25, 0.3) is 0 Å². The second-order valence-electron chi connectivity index (χ2n) is 2.48. The molecule has 1 aromatic rings. The van der Waals surface area contributed by atoms with Gasteiger partial charge in [-0.3, -0.25) is 0 Å². The monoisotopic (exact) mass is 167 g/mol. The molecular formula is C8H13N3O. The number of methoxy groups -OCH3 is 1. The predicted octanol–water partition coefficient (Wildman–Crippen LogP) is 0.124. The van der Waals surface area contributed by atoms with Crippen LogP contribution in [-0.2, 0) is 17.8 Å². The standard InChI is InChI=1S/C8H13N3O/c1-12-6-8-10-4-7(2-3-9)5-11-8/h4-5H,2-3,6,9H2,1H3. The highest BCUT2D eigenvalue weighted by molar-refractivity contribution is 5.05. The van der Waals surface area contributed by atoms with Gasteiger partial charge in [-0.05, 0) is 18.5 Å². The van der Waals surface area contributed by atoms with Gasteiger partial charge in [0.15, 0.2) is 5.82 Å². The summed E-state index contributed by atoms with van der Waals surface area (Å²) < 4.78 is 4.88. The molecule has 0 bridgehead atoms. The van der Waals surface area contributed by atoms with E-state index in [4.69, 9.17) is 10.5 Å². The third kappa shape index (κ3) is 2.56. The van der Waals surface area contributed by atoms with Gasteiger partial charge in [-0.1, -0.05) is 0 Å². The van der Waals surface area contributed by atoms with Crippen molar-refractivity contribution in [2.45, 2.75) is 13.0 Å². The number of ether oxygens (including phenoxy) is 1. The van der Waals surface area contributed by atoms with Gasteiger partial charge in [0.2, 0.25) is 0 Å². The van der Waals surface area contributed by atoms with Crippen molar-refractivity contribution in [1.29, 1.82) is 0 Å². The van der Waals surface area contributed by atoms with Crippen molar-refractivity contribution in [3.05, 3.63) is 23.8 Å². The van der Waals surface area contributed by atoms with Crippen LogP contribution < -0.4 is 5.73 Å². The zero-order chi connectivity index (χ0) is 8.81. The Bertz CT molecular complexity index is 197. The first kappa shape index (κ1) is 9.09. The fraction of sp³-hybridized carbons (Fsp3) is 0.500. The van der Waals surface area contributed by atoms with Gasteiger partial charge in [0.05, 0.1) is 0 Å². The van der Waals surface area contributed by atoms with E-state index in [9.17, 15) is 0 Å². The normalized spacial score (nSPS) is 10.2. The Morgan fingerprint density at radius 2 is 2.08 bits per heavy atom. The van der Waals surface area contributed by atoms with E-state index in [0.717, 1.165) is 12.0 Å². The molecule has 0 unspecified atom stereocenters. The number of hydrogen-bond donors (Lipinski definition) is 1. The van der Waals surface area contributed by atoms with Crippen LogP contribution in [0, 0.1) is 0 Å². The zero-order valence-corrected chi connectivity index (χ0v) is 7.16. The summed E-state index contributed by atoms with van der Waals surface area (Å²) in [6, 6.07) is 0. The Hall–Kier alpha value is -1.00. The summed E-state index contributed by atoms with van der Waals surface area (Å²) in [5.41, 5.74) is 6.44. The Labute approximate surface area is 71.8 Å². The van der Waals surface area contributed by atoms with E-state index in [1.54, 1.807) is 19.5 Å². The van der Waals surface area contributed by atoms with E-state index in [-0.39, 0.29) is 0 Å². The van der Waals surface area contributed by atoms with Crippen molar-refractivity contribution in [3.8, 4) is 0 Å². The summed E-state index contributed by atoms with van der Waals surface area (Å²) in [5.74, 6) is 0.707. The van der Waals surface area contributed by atoms with Crippen LogP contribution in [0.2, 0.25) is 0 Å². The molecule has 0 radical (unpaired) electrons. The van der Waals surface area contributed by atoms with E-state index in [0.29, 0.717) is 19.0 Å². The number of hydrogen-bond acceptors (Lipinski definition) is 4. The van der Waals surface area contributed by atoms with E-state index >= 15 is 0 Å². The first-order valence-electron chi connectivity index (χ1n) is 3.85. The van der Waals surface area contributed by atoms with Crippen LogP contribution in [0.1, 0.15) is 11.4 Å². The maximum atomic E-state index is 5.38. The first-order chi connectivity index (χ1) is 5.86. The van der Waals surface area contributed by atoms with Gasteiger partial charge >= 0.3 is 0 Å². The van der Waals surface area contributed by atoms with Gasteiger partial charge in [0.1, 0.15) is 6.61 Å². The molecule has 1 rings (SSSR count). The van der Waals surface area contributed by atoms with E-state index in [1.807, 2.05) is 0 Å². The topological polar surface area (TPSA) is 61.0 Å². The number of rotatable bonds is 4. The largest absolute Gasteiger partial charge is 0.377 e. The molecule has 4 heteroatoms. The van der Waals surface area contributed by atoms with Crippen LogP contribution in [0.5, 0.6) is 0 Å². The molecular weight excluding hydrogens is 154 g/mol. The molecule has 0 saturated carbocycles.